The number of nitrogens with zero attached hydrogens (tertiary/aromatic N) is 2. The number of urea groups is 1. The van der Waals surface area contributed by atoms with E-state index in [1.807, 2.05) is 35.2 Å². The molecule has 0 aliphatic carbocycles. The number of hydrogen-bond acceptors (Lipinski definition) is 3. The van der Waals surface area contributed by atoms with Crippen LogP contribution in [0.4, 0.5) is 4.79 Å². The summed E-state index contributed by atoms with van der Waals surface area (Å²) < 4.78 is 0. The van der Waals surface area contributed by atoms with Crippen molar-refractivity contribution in [3.8, 4) is 0 Å². The Morgan fingerprint density at radius 3 is 2.29 bits per heavy atom. The van der Waals surface area contributed by atoms with Gasteiger partial charge in [0.2, 0.25) is 0 Å². The van der Waals surface area contributed by atoms with Gasteiger partial charge in [0.05, 0.1) is 0 Å². The lowest BCUT2D eigenvalue weighted by molar-refractivity contribution is 0.0650. The number of nitrogens with one attached hydrogen (secondary N) is 1. The third kappa shape index (κ3) is 5.69. The summed E-state index contributed by atoms with van der Waals surface area (Å²) in [6.07, 6.45) is 4.30. The lowest BCUT2D eigenvalue weighted by Crippen LogP contribution is -2.48. The summed E-state index contributed by atoms with van der Waals surface area (Å²) in [6.45, 7) is 4.43. The fraction of sp³-hybridized carbons (Fsp3) is 0.273. The molecule has 2 aromatic carbocycles. The summed E-state index contributed by atoms with van der Waals surface area (Å²) in [5.41, 5.74) is 7.84. The predicted molar refractivity (Wildman–Crippen MR) is 111 cm³/mol. The van der Waals surface area contributed by atoms with Gasteiger partial charge in [-0.2, -0.15) is 0 Å². The molecule has 0 unspecified atom stereocenters. The smallest absolute Gasteiger partial charge is 0.312 e. The van der Waals surface area contributed by atoms with Crippen LogP contribution in [0.2, 0.25) is 0 Å². The fourth-order valence-corrected chi connectivity index (χ4v) is 3.17. The number of hydrogen-bond donors (Lipinski definition) is 2. The first-order valence-electron chi connectivity index (χ1n) is 9.47. The average molecular weight is 378 g/mol. The molecule has 3 amide bonds. The zero-order valence-electron chi connectivity index (χ0n) is 15.9. The second-order valence-electron chi connectivity index (χ2n) is 6.82. The first-order valence-corrected chi connectivity index (χ1v) is 9.47. The van der Waals surface area contributed by atoms with Gasteiger partial charge in [0.25, 0.3) is 5.91 Å². The maximum Gasteiger partial charge on any atom is 0.312 e. The van der Waals surface area contributed by atoms with Gasteiger partial charge in [-0.05, 0) is 23.3 Å². The van der Waals surface area contributed by atoms with Crippen LogP contribution in [0, 0.1) is 0 Å². The summed E-state index contributed by atoms with van der Waals surface area (Å²) in [5.74, 6) is 0.0499. The second-order valence-corrected chi connectivity index (χ2v) is 6.82. The van der Waals surface area contributed by atoms with Crippen LogP contribution in [-0.4, -0.2) is 54.5 Å². The maximum absolute atomic E-state index is 12.7. The summed E-state index contributed by atoms with van der Waals surface area (Å²) in [7, 11) is 0. The Morgan fingerprint density at radius 2 is 1.64 bits per heavy atom. The van der Waals surface area contributed by atoms with Gasteiger partial charge in [0.15, 0.2) is 0 Å². The minimum atomic E-state index is -0.559. The molecular formula is C22H26N4O2. The lowest BCUT2D eigenvalue weighted by atomic mass is 10.1. The molecule has 146 valence electrons. The highest BCUT2D eigenvalue weighted by Crippen LogP contribution is 2.11. The first kappa shape index (κ1) is 19.6. The highest BCUT2D eigenvalue weighted by Gasteiger charge is 2.21. The molecule has 0 saturated carbocycles. The van der Waals surface area contributed by atoms with Gasteiger partial charge >= 0.3 is 6.03 Å². The van der Waals surface area contributed by atoms with E-state index in [1.54, 1.807) is 12.1 Å². The van der Waals surface area contributed by atoms with Crippen molar-refractivity contribution >= 4 is 18.0 Å². The molecule has 6 nitrogen and oxygen atoms in total. The van der Waals surface area contributed by atoms with Gasteiger partial charge in [0, 0.05) is 44.8 Å². The number of piperazine rings is 1. The Bertz CT molecular complexity index is 810. The van der Waals surface area contributed by atoms with Crippen LogP contribution >= 0.6 is 0 Å². The lowest BCUT2D eigenvalue weighted by Gasteiger charge is -2.34. The number of amides is 3. The molecule has 1 saturated heterocycles. The quantitative estimate of drug-likeness (QED) is 0.810. The van der Waals surface area contributed by atoms with Gasteiger partial charge in [-0.1, -0.05) is 54.6 Å². The standard InChI is InChI=1S/C22H26N4O2/c23-22(28)24-17-19-8-10-20(11-9-19)21(27)26-15-13-25(14-16-26)12-4-7-18-5-2-1-3-6-18/h1-11H,12-17H2,(H3,23,24,28). The molecule has 3 rings (SSSR count). The third-order valence-electron chi connectivity index (χ3n) is 4.80. The van der Waals surface area contributed by atoms with Gasteiger partial charge in [-0.3, -0.25) is 9.69 Å². The van der Waals surface area contributed by atoms with Crippen LogP contribution in [-0.2, 0) is 6.54 Å². The van der Waals surface area contributed by atoms with Gasteiger partial charge in [0.1, 0.15) is 0 Å². The normalized spacial score (nSPS) is 14.9. The van der Waals surface area contributed by atoms with E-state index >= 15 is 0 Å². The number of carbonyl (C=O) groups excluding carboxylic acids is 2. The number of benzene rings is 2. The highest BCUT2D eigenvalue weighted by molar-refractivity contribution is 5.94. The van der Waals surface area contributed by atoms with Gasteiger partial charge in [-0.25, -0.2) is 4.79 Å². The summed E-state index contributed by atoms with van der Waals surface area (Å²) in [4.78, 5) is 27.7. The van der Waals surface area contributed by atoms with Crippen molar-refractivity contribution in [3.63, 3.8) is 0 Å². The molecule has 2 aromatic rings. The number of carbonyl (C=O) groups is 2. The van der Waals surface area contributed by atoms with Crippen molar-refractivity contribution in [1.82, 2.24) is 15.1 Å². The summed E-state index contributed by atoms with van der Waals surface area (Å²) in [6, 6.07) is 17.0. The van der Waals surface area contributed by atoms with Crippen LogP contribution in [0.3, 0.4) is 0 Å². The Kier molecular flexibility index (Phi) is 6.81. The molecule has 3 N–H and O–H groups in total. The third-order valence-corrected chi connectivity index (χ3v) is 4.80. The van der Waals surface area contributed by atoms with Gasteiger partial charge in [-0.15, -0.1) is 0 Å². The number of primary amides is 1. The number of nitrogens with two attached hydrogens (primary N) is 1. The molecule has 0 radical (unpaired) electrons. The van der Waals surface area contributed by atoms with Gasteiger partial charge < -0.3 is 16.0 Å². The van der Waals surface area contributed by atoms with Crippen molar-refractivity contribution < 1.29 is 9.59 Å². The monoisotopic (exact) mass is 378 g/mol. The molecular weight excluding hydrogens is 352 g/mol. The van der Waals surface area contributed by atoms with Crippen molar-refractivity contribution in [1.29, 1.82) is 0 Å². The fourth-order valence-electron chi connectivity index (χ4n) is 3.17. The molecule has 1 fully saturated rings. The minimum absolute atomic E-state index is 0.0499. The Balaban J connectivity index is 1.45. The highest BCUT2D eigenvalue weighted by atomic mass is 16.2. The maximum atomic E-state index is 12.7. The SMILES string of the molecule is NC(=O)NCc1ccc(C(=O)N2CCN(CC=Cc3ccccc3)CC2)cc1. The van der Waals surface area contributed by atoms with E-state index < -0.39 is 6.03 Å². The molecule has 1 aliphatic rings. The molecule has 1 heterocycles. The van der Waals surface area contributed by atoms with E-state index in [-0.39, 0.29) is 5.91 Å². The zero-order valence-corrected chi connectivity index (χ0v) is 15.9. The van der Waals surface area contributed by atoms with Crippen LogP contribution in [0.1, 0.15) is 21.5 Å². The van der Waals surface area contributed by atoms with E-state index in [1.165, 1.54) is 5.56 Å². The summed E-state index contributed by atoms with van der Waals surface area (Å²) in [5, 5.41) is 2.54. The van der Waals surface area contributed by atoms with Crippen molar-refractivity contribution in [2.75, 3.05) is 32.7 Å². The Labute approximate surface area is 165 Å². The average Bonchev–Trinajstić information content (AvgIpc) is 2.73. The van der Waals surface area contributed by atoms with E-state index in [4.69, 9.17) is 5.73 Å². The van der Waals surface area contributed by atoms with E-state index in [0.29, 0.717) is 12.1 Å². The first-order chi connectivity index (χ1) is 13.6. The van der Waals surface area contributed by atoms with Crippen molar-refractivity contribution in [3.05, 3.63) is 77.4 Å². The summed E-state index contributed by atoms with van der Waals surface area (Å²) >= 11 is 0. The van der Waals surface area contributed by atoms with E-state index in [9.17, 15) is 9.59 Å². The Hall–Kier alpha value is -3.12. The molecule has 0 aromatic heterocycles. The van der Waals surface area contributed by atoms with Crippen LogP contribution in [0.5, 0.6) is 0 Å². The van der Waals surface area contributed by atoms with Crippen molar-refractivity contribution in [2.24, 2.45) is 5.73 Å². The van der Waals surface area contributed by atoms with E-state index in [0.717, 1.165) is 38.3 Å². The molecule has 28 heavy (non-hydrogen) atoms. The van der Waals surface area contributed by atoms with Crippen LogP contribution in [0.25, 0.3) is 6.08 Å². The van der Waals surface area contributed by atoms with Crippen molar-refractivity contribution in [2.45, 2.75) is 6.54 Å². The zero-order chi connectivity index (χ0) is 19.8. The Morgan fingerprint density at radius 1 is 0.964 bits per heavy atom. The molecule has 6 heteroatoms. The molecule has 0 atom stereocenters. The largest absolute Gasteiger partial charge is 0.352 e. The topological polar surface area (TPSA) is 78.7 Å². The minimum Gasteiger partial charge on any atom is -0.352 e. The predicted octanol–water partition coefficient (Wildman–Crippen LogP) is 2.33. The molecule has 1 aliphatic heterocycles. The second kappa shape index (κ2) is 9.71. The van der Waals surface area contributed by atoms with Crippen LogP contribution < -0.4 is 11.1 Å². The number of rotatable bonds is 6. The van der Waals surface area contributed by atoms with Crippen LogP contribution in [0.15, 0.2) is 60.7 Å². The molecule has 0 bridgehead atoms. The molecule has 0 spiro atoms. The van der Waals surface area contributed by atoms with E-state index in [2.05, 4.69) is 34.5 Å².